The number of aryl methyl sites for hydroxylation is 1. The molecule has 3 nitrogen and oxygen atoms in total. The molecule has 0 fully saturated rings. The van der Waals surface area contributed by atoms with Gasteiger partial charge in [0.05, 0.1) is 0 Å². The lowest BCUT2D eigenvalue weighted by Gasteiger charge is -2.05. The van der Waals surface area contributed by atoms with Crippen molar-refractivity contribution >= 4 is 0 Å². The van der Waals surface area contributed by atoms with Crippen molar-refractivity contribution in [3.8, 4) is 11.4 Å². The maximum Gasteiger partial charge on any atom is 0.159 e. The zero-order valence-electron chi connectivity index (χ0n) is 11.3. The molecule has 100 valence electrons. The van der Waals surface area contributed by atoms with Crippen LogP contribution in [0.25, 0.3) is 11.4 Å². The highest BCUT2D eigenvalue weighted by molar-refractivity contribution is 5.55. The highest BCUT2D eigenvalue weighted by Gasteiger charge is 2.04. The average molecular weight is 259 g/mol. The molecule has 0 aliphatic carbocycles. The van der Waals surface area contributed by atoms with Gasteiger partial charge in [-0.3, -0.25) is 0 Å². The molecule has 1 aromatic carbocycles. The first-order chi connectivity index (χ1) is 9.20. The second-order valence-electron chi connectivity index (χ2n) is 4.56. The van der Waals surface area contributed by atoms with Crippen molar-refractivity contribution in [2.75, 3.05) is 6.54 Å². The first kappa shape index (κ1) is 13.6. The Balaban J connectivity index is 2.11. The Kier molecular flexibility index (Phi) is 4.58. The van der Waals surface area contributed by atoms with Crippen molar-refractivity contribution in [2.24, 2.45) is 0 Å². The lowest BCUT2D eigenvalue weighted by Crippen LogP contribution is -2.14. The highest BCUT2D eigenvalue weighted by Crippen LogP contribution is 2.17. The molecule has 2 rings (SSSR count). The van der Waals surface area contributed by atoms with E-state index in [1.807, 2.05) is 12.4 Å². The molecule has 0 amide bonds. The summed E-state index contributed by atoms with van der Waals surface area (Å²) in [6.07, 6.45) is 4.72. The van der Waals surface area contributed by atoms with Gasteiger partial charge in [-0.25, -0.2) is 14.4 Å². The summed E-state index contributed by atoms with van der Waals surface area (Å²) in [6, 6.07) is 4.91. The van der Waals surface area contributed by atoms with Gasteiger partial charge in [-0.05, 0) is 43.7 Å². The van der Waals surface area contributed by atoms with Gasteiger partial charge >= 0.3 is 0 Å². The van der Waals surface area contributed by atoms with E-state index in [2.05, 4.69) is 22.2 Å². The third-order valence-electron chi connectivity index (χ3n) is 2.88. The number of benzene rings is 1. The minimum absolute atomic E-state index is 0.205. The molecule has 0 aliphatic heterocycles. The van der Waals surface area contributed by atoms with Crippen molar-refractivity contribution in [2.45, 2.75) is 26.8 Å². The van der Waals surface area contributed by atoms with Crippen LogP contribution in [0.3, 0.4) is 0 Å². The van der Waals surface area contributed by atoms with Crippen LogP contribution in [0.1, 0.15) is 24.5 Å². The summed E-state index contributed by atoms with van der Waals surface area (Å²) >= 11 is 0. The summed E-state index contributed by atoms with van der Waals surface area (Å²) in [5, 5.41) is 3.30. The third-order valence-corrected chi connectivity index (χ3v) is 2.88. The fourth-order valence-corrected chi connectivity index (χ4v) is 1.79. The van der Waals surface area contributed by atoms with Crippen LogP contribution in [0.5, 0.6) is 0 Å². The smallest absolute Gasteiger partial charge is 0.159 e. The third kappa shape index (κ3) is 3.58. The second-order valence-corrected chi connectivity index (χ2v) is 4.56. The van der Waals surface area contributed by atoms with Crippen molar-refractivity contribution in [3.05, 3.63) is 47.5 Å². The fraction of sp³-hybridized carbons (Fsp3) is 0.333. The number of rotatable bonds is 5. The van der Waals surface area contributed by atoms with E-state index in [0.29, 0.717) is 11.4 Å². The largest absolute Gasteiger partial charge is 0.313 e. The number of hydrogen-bond donors (Lipinski definition) is 1. The van der Waals surface area contributed by atoms with Crippen LogP contribution in [0.2, 0.25) is 0 Å². The van der Waals surface area contributed by atoms with Crippen LogP contribution in [0.15, 0.2) is 30.6 Å². The van der Waals surface area contributed by atoms with Crippen LogP contribution >= 0.6 is 0 Å². The van der Waals surface area contributed by atoms with E-state index >= 15 is 0 Å². The zero-order valence-corrected chi connectivity index (χ0v) is 11.3. The topological polar surface area (TPSA) is 37.8 Å². The van der Waals surface area contributed by atoms with E-state index in [9.17, 15) is 4.39 Å². The molecule has 0 saturated heterocycles. The molecule has 0 radical (unpaired) electrons. The van der Waals surface area contributed by atoms with E-state index in [1.54, 1.807) is 19.1 Å². The Morgan fingerprint density at radius 2 is 1.95 bits per heavy atom. The molecule has 0 aliphatic rings. The van der Waals surface area contributed by atoms with Gasteiger partial charge in [0.1, 0.15) is 5.82 Å². The van der Waals surface area contributed by atoms with E-state index < -0.39 is 0 Å². The lowest BCUT2D eigenvalue weighted by atomic mass is 10.1. The molecule has 0 saturated carbocycles. The highest BCUT2D eigenvalue weighted by atomic mass is 19.1. The Morgan fingerprint density at radius 1 is 1.21 bits per heavy atom. The van der Waals surface area contributed by atoms with Crippen molar-refractivity contribution in [3.63, 3.8) is 0 Å². The van der Waals surface area contributed by atoms with Gasteiger partial charge in [-0.15, -0.1) is 0 Å². The summed E-state index contributed by atoms with van der Waals surface area (Å²) in [4.78, 5) is 8.65. The number of nitrogens with one attached hydrogen (secondary N) is 1. The van der Waals surface area contributed by atoms with Gasteiger partial charge in [0.2, 0.25) is 0 Å². The number of hydrogen-bond acceptors (Lipinski definition) is 3. The van der Waals surface area contributed by atoms with Crippen LogP contribution in [0, 0.1) is 12.7 Å². The van der Waals surface area contributed by atoms with Crippen LogP contribution in [0.4, 0.5) is 4.39 Å². The van der Waals surface area contributed by atoms with E-state index in [-0.39, 0.29) is 5.82 Å². The van der Waals surface area contributed by atoms with Gasteiger partial charge in [0.15, 0.2) is 5.82 Å². The van der Waals surface area contributed by atoms with Crippen molar-refractivity contribution in [1.29, 1.82) is 0 Å². The molecule has 0 unspecified atom stereocenters. The number of halogens is 1. The minimum atomic E-state index is -0.205. The fourth-order valence-electron chi connectivity index (χ4n) is 1.79. The van der Waals surface area contributed by atoms with E-state index in [1.165, 1.54) is 6.07 Å². The first-order valence-corrected chi connectivity index (χ1v) is 6.49. The monoisotopic (exact) mass is 259 g/mol. The maximum absolute atomic E-state index is 13.2. The van der Waals surface area contributed by atoms with Crippen LogP contribution in [-0.4, -0.2) is 16.5 Å². The Labute approximate surface area is 112 Å². The van der Waals surface area contributed by atoms with Crippen molar-refractivity contribution in [1.82, 2.24) is 15.3 Å². The summed E-state index contributed by atoms with van der Waals surface area (Å²) in [7, 11) is 0. The summed E-state index contributed by atoms with van der Waals surface area (Å²) in [6.45, 7) is 5.63. The predicted octanol–water partition coefficient (Wildman–Crippen LogP) is 3.09. The lowest BCUT2D eigenvalue weighted by molar-refractivity contribution is 0.618. The molecular weight excluding hydrogens is 241 g/mol. The van der Waals surface area contributed by atoms with Gasteiger partial charge in [0.25, 0.3) is 0 Å². The number of aromatic nitrogens is 2. The second kappa shape index (κ2) is 6.38. The summed E-state index contributed by atoms with van der Waals surface area (Å²) in [5.41, 5.74) is 2.50. The quantitative estimate of drug-likeness (QED) is 0.838. The SMILES string of the molecule is CCCNCc1cnc(-c2ccc(F)c(C)c2)nc1. The molecular formula is C15H18FN3. The van der Waals surface area contributed by atoms with Crippen molar-refractivity contribution < 1.29 is 4.39 Å². The Bertz CT molecular complexity index is 538. The average Bonchev–Trinajstić information content (AvgIpc) is 2.43. The predicted molar refractivity (Wildman–Crippen MR) is 74.2 cm³/mol. The van der Waals surface area contributed by atoms with E-state index in [4.69, 9.17) is 0 Å². The van der Waals surface area contributed by atoms with Crippen LogP contribution in [-0.2, 0) is 6.54 Å². The molecule has 1 aromatic heterocycles. The standard InChI is InChI=1S/C15H18FN3/c1-3-6-17-8-12-9-18-15(19-10-12)13-4-5-14(16)11(2)7-13/h4-5,7,9-10,17H,3,6,8H2,1-2H3. The molecule has 0 atom stereocenters. The molecule has 0 spiro atoms. The molecule has 4 heteroatoms. The number of nitrogens with zero attached hydrogens (tertiary/aromatic N) is 2. The Hall–Kier alpha value is -1.81. The normalized spacial score (nSPS) is 10.7. The summed E-state index contributed by atoms with van der Waals surface area (Å²) < 4.78 is 13.2. The Morgan fingerprint density at radius 3 is 2.58 bits per heavy atom. The molecule has 2 aromatic rings. The van der Waals surface area contributed by atoms with Gasteiger partial charge < -0.3 is 5.32 Å². The van der Waals surface area contributed by atoms with Gasteiger partial charge in [-0.1, -0.05) is 6.92 Å². The summed E-state index contributed by atoms with van der Waals surface area (Å²) in [5.74, 6) is 0.423. The molecule has 19 heavy (non-hydrogen) atoms. The van der Waals surface area contributed by atoms with Gasteiger partial charge in [-0.2, -0.15) is 0 Å². The van der Waals surface area contributed by atoms with Crippen LogP contribution < -0.4 is 5.32 Å². The zero-order chi connectivity index (χ0) is 13.7. The molecule has 1 N–H and O–H groups in total. The first-order valence-electron chi connectivity index (χ1n) is 6.49. The maximum atomic E-state index is 13.2. The molecule has 1 heterocycles. The van der Waals surface area contributed by atoms with E-state index in [0.717, 1.165) is 30.6 Å². The van der Waals surface area contributed by atoms with Gasteiger partial charge in [0, 0.05) is 30.1 Å². The minimum Gasteiger partial charge on any atom is -0.313 e. The molecule has 0 bridgehead atoms.